The fourth-order valence-corrected chi connectivity index (χ4v) is 1.80. The van der Waals surface area contributed by atoms with Gasteiger partial charge in [-0.2, -0.15) is 0 Å². The molecular formula is C17H17NO. The summed E-state index contributed by atoms with van der Waals surface area (Å²) in [4.78, 5) is 4.61. The summed E-state index contributed by atoms with van der Waals surface area (Å²) in [7, 11) is 0. The summed E-state index contributed by atoms with van der Waals surface area (Å²) in [5.74, 6) is 0.833. The van der Waals surface area contributed by atoms with E-state index in [1.54, 1.807) is 6.08 Å². The van der Waals surface area contributed by atoms with E-state index in [2.05, 4.69) is 11.6 Å². The van der Waals surface area contributed by atoms with E-state index >= 15 is 0 Å². The minimum absolute atomic E-state index is 0.496. The van der Waals surface area contributed by atoms with Gasteiger partial charge in [0.25, 0.3) is 0 Å². The van der Waals surface area contributed by atoms with Crippen LogP contribution in [0.4, 0.5) is 5.69 Å². The number of rotatable bonds is 5. The Bertz CT molecular complexity index is 573. The molecule has 0 saturated carbocycles. The standard InChI is InChI=1S/C17H17NO/c1-3-13-19-17-12-8-7-11-16(17)14(2)18-15-9-5-4-6-10-15/h3-12H,1,13H2,2H3. The summed E-state index contributed by atoms with van der Waals surface area (Å²) < 4.78 is 5.65. The number of ether oxygens (including phenoxy) is 1. The second-order valence-corrected chi connectivity index (χ2v) is 4.13. The molecule has 0 aliphatic heterocycles. The zero-order valence-electron chi connectivity index (χ0n) is 11.0. The highest BCUT2D eigenvalue weighted by Crippen LogP contribution is 2.21. The third kappa shape index (κ3) is 3.55. The lowest BCUT2D eigenvalue weighted by Crippen LogP contribution is -2.01. The summed E-state index contributed by atoms with van der Waals surface area (Å²) in [5, 5.41) is 0. The predicted octanol–water partition coefficient (Wildman–Crippen LogP) is 4.39. The molecule has 96 valence electrons. The Balaban J connectivity index is 2.30. The third-order valence-corrected chi connectivity index (χ3v) is 2.69. The molecule has 0 fully saturated rings. The topological polar surface area (TPSA) is 21.6 Å². The first-order valence-corrected chi connectivity index (χ1v) is 6.24. The Morgan fingerprint density at radius 2 is 1.79 bits per heavy atom. The zero-order valence-corrected chi connectivity index (χ0v) is 11.0. The van der Waals surface area contributed by atoms with Crippen LogP contribution >= 0.6 is 0 Å². The van der Waals surface area contributed by atoms with Gasteiger partial charge in [-0.15, -0.1) is 0 Å². The molecule has 0 aromatic heterocycles. The number of benzene rings is 2. The van der Waals surface area contributed by atoms with Crippen LogP contribution in [-0.4, -0.2) is 12.3 Å². The SMILES string of the molecule is C=CCOc1ccccc1C(C)=Nc1ccccc1. The van der Waals surface area contributed by atoms with E-state index in [1.807, 2.05) is 61.5 Å². The van der Waals surface area contributed by atoms with Crippen molar-refractivity contribution in [3.63, 3.8) is 0 Å². The smallest absolute Gasteiger partial charge is 0.128 e. The van der Waals surface area contributed by atoms with E-state index in [1.165, 1.54) is 0 Å². The van der Waals surface area contributed by atoms with Crippen LogP contribution in [0.1, 0.15) is 12.5 Å². The van der Waals surface area contributed by atoms with Crippen LogP contribution in [0.2, 0.25) is 0 Å². The quantitative estimate of drug-likeness (QED) is 0.570. The molecule has 0 aliphatic carbocycles. The van der Waals surface area contributed by atoms with Crippen LogP contribution in [0.5, 0.6) is 5.75 Å². The molecular weight excluding hydrogens is 234 g/mol. The van der Waals surface area contributed by atoms with Crippen LogP contribution in [0.25, 0.3) is 0 Å². The summed E-state index contributed by atoms with van der Waals surface area (Å²) >= 11 is 0. The van der Waals surface area contributed by atoms with Crippen LogP contribution in [0, 0.1) is 0 Å². The van der Waals surface area contributed by atoms with Crippen molar-refractivity contribution in [2.75, 3.05) is 6.61 Å². The molecule has 0 heterocycles. The van der Waals surface area contributed by atoms with Gasteiger partial charge in [-0.3, -0.25) is 4.99 Å². The molecule has 2 nitrogen and oxygen atoms in total. The van der Waals surface area contributed by atoms with E-state index in [0.29, 0.717) is 6.61 Å². The van der Waals surface area contributed by atoms with Crippen molar-refractivity contribution < 1.29 is 4.74 Å². The molecule has 0 unspecified atom stereocenters. The van der Waals surface area contributed by atoms with E-state index in [9.17, 15) is 0 Å². The van der Waals surface area contributed by atoms with Gasteiger partial charge in [0.1, 0.15) is 12.4 Å². The van der Waals surface area contributed by atoms with Crippen molar-refractivity contribution in [2.24, 2.45) is 4.99 Å². The van der Waals surface area contributed by atoms with Gasteiger partial charge in [-0.05, 0) is 31.2 Å². The average Bonchev–Trinajstić information content (AvgIpc) is 2.46. The first-order chi connectivity index (χ1) is 9.31. The second-order valence-electron chi connectivity index (χ2n) is 4.13. The summed E-state index contributed by atoms with van der Waals surface area (Å²) in [6.45, 7) is 6.15. The van der Waals surface area contributed by atoms with Gasteiger partial charge < -0.3 is 4.74 Å². The Hall–Kier alpha value is -2.35. The number of para-hydroxylation sites is 2. The Labute approximate surface area is 114 Å². The minimum Gasteiger partial charge on any atom is -0.489 e. The van der Waals surface area contributed by atoms with Crippen LogP contribution in [0.3, 0.4) is 0 Å². The molecule has 0 bridgehead atoms. The molecule has 0 N–H and O–H groups in total. The van der Waals surface area contributed by atoms with Crippen molar-refractivity contribution in [3.05, 3.63) is 72.8 Å². The van der Waals surface area contributed by atoms with Crippen molar-refractivity contribution in [1.29, 1.82) is 0 Å². The van der Waals surface area contributed by atoms with Gasteiger partial charge in [-0.1, -0.05) is 43.0 Å². The maximum Gasteiger partial charge on any atom is 0.128 e. The van der Waals surface area contributed by atoms with E-state index in [4.69, 9.17) is 4.74 Å². The number of nitrogens with zero attached hydrogens (tertiary/aromatic N) is 1. The van der Waals surface area contributed by atoms with Crippen LogP contribution in [-0.2, 0) is 0 Å². The molecule has 0 spiro atoms. The van der Waals surface area contributed by atoms with Crippen molar-refractivity contribution >= 4 is 11.4 Å². The first kappa shape index (κ1) is 13.1. The molecule has 2 rings (SSSR count). The lowest BCUT2D eigenvalue weighted by molar-refractivity contribution is 0.362. The molecule has 19 heavy (non-hydrogen) atoms. The second kappa shape index (κ2) is 6.55. The average molecular weight is 251 g/mol. The van der Waals surface area contributed by atoms with E-state index < -0.39 is 0 Å². The van der Waals surface area contributed by atoms with Gasteiger partial charge in [0.2, 0.25) is 0 Å². The largest absolute Gasteiger partial charge is 0.489 e. The summed E-state index contributed by atoms with van der Waals surface area (Å²) in [6, 6.07) is 17.8. The Morgan fingerprint density at radius 1 is 1.11 bits per heavy atom. The van der Waals surface area contributed by atoms with Gasteiger partial charge in [0.05, 0.1) is 5.69 Å². The van der Waals surface area contributed by atoms with Gasteiger partial charge in [0.15, 0.2) is 0 Å². The third-order valence-electron chi connectivity index (χ3n) is 2.69. The number of aliphatic imine (C=N–C) groups is 1. The highest BCUT2D eigenvalue weighted by molar-refractivity contribution is 6.02. The molecule has 0 amide bonds. The number of hydrogen-bond donors (Lipinski definition) is 0. The molecule has 2 aromatic rings. The molecule has 0 atom stereocenters. The Morgan fingerprint density at radius 3 is 2.53 bits per heavy atom. The van der Waals surface area contributed by atoms with Gasteiger partial charge >= 0.3 is 0 Å². The molecule has 0 saturated heterocycles. The summed E-state index contributed by atoms with van der Waals surface area (Å²) in [5.41, 5.74) is 2.89. The number of hydrogen-bond acceptors (Lipinski definition) is 2. The molecule has 0 radical (unpaired) electrons. The first-order valence-electron chi connectivity index (χ1n) is 6.24. The van der Waals surface area contributed by atoms with Crippen molar-refractivity contribution in [3.8, 4) is 5.75 Å². The fraction of sp³-hybridized carbons (Fsp3) is 0.118. The van der Waals surface area contributed by atoms with Gasteiger partial charge in [-0.25, -0.2) is 0 Å². The lowest BCUT2D eigenvalue weighted by Gasteiger charge is -2.09. The van der Waals surface area contributed by atoms with Gasteiger partial charge in [0, 0.05) is 11.3 Å². The van der Waals surface area contributed by atoms with Crippen LogP contribution in [0.15, 0.2) is 72.2 Å². The van der Waals surface area contributed by atoms with E-state index in [-0.39, 0.29) is 0 Å². The normalized spacial score (nSPS) is 11.1. The minimum atomic E-state index is 0.496. The Kier molecular flexibility index (Phi) is 4.51. The fourth-order valence-electron chi connectivity index (χ4n) is 1.80. The van der Waals surface area contributed by atoms with Crippen LogP contribution < -0.4 is 4.74 Å². The van der Waals surface area contributed by atoms with Crippen molar-refractivity contribution in [2.45, 2.75) is 6.92 Å². The van der Waals surface area contributed by atoms with Crippen molar-refractivity contribution in [1.82, 2.24) is 0 Å². The summed E-state index contributed by atoms with van der Waals surface area (Å²) in [6.07, 6.45) is 1.74. The lowest BCUT2D eigenvalue weighted by atomic mass is 10.1. The highest BCUT2D eigenvalue weighted by atomic mass is 16.5. The monoisotopic (exact) mass is 251 g/mol. The maximum atomic E-state index is 5.65. The predicted molar refractivity (Wildman–Crippen MR) is 80.4 cm³/mol. The highest BCUT2D eigenvalue weighted by Gasteiger charge is 2.05. The molecule has 2 aromatic carbocycles. The molecule has 2 heteroatoms. The molecule has 0 aliphatic rings. The zero-order chi connectivity index (χ0) is 13.5. The van der Waals surface area contributed by atoms with E-state index in [0.717, 1.165) is 22.7 Å². The maximum absolute atomic E-state index is 5.65.